The number of anilines is 1. The molecule has 4 N–H and O–H groups in total. The van der Waals surface area contributed by atoms with Crippen LogP contribution in [0.1, 0.15) is 23.2 Å². The predicted octanol–water partition coefficient (Wildman–Crippen LogP) is 1.89. The van der Waals surface area contributed by atoms with E-state index in [1.807, 2.05) is 0 Å². The summed E-state index contributed by atoms with van der Waals surface area (Å²) < 4.78 is 0. The molecule has 18 heavy (non-hydrogen) atoms. The molecule has 1 rings (SSSR count). The molecule has 0 unspecified atom stereocenters. The van der Waals surface area contributed by atoms with E-state index in [9.17, 15) is 4.79 Å². The van der Waals surface area contributed by atoms with E-state index >= 15 is 0 Å². The van der Waals surface area contributed by atoms with Crippen molar-refractivity contribution in [2.45, 2.75) is 12.8 Å². The van der Waals surface area contributed by atoms with Crippen molar-refractivity contribution in [2.24, 2.45) is 5.84 Å². The average molecular weight is 289 g/mol. The molecule has 0 bridgehead atoms. The van der Waals surface area contributed by atoms with Crippen LogP contribution >= 0.6 is 23.4 Å². The predicted molar refractivity (Wildman–Crippen MR) is 77.0 cm³/mol. The number of hydrogen-bond acceptors (Lipinski definition) is 5. The van der Waals surface area contributed by atoms with Crippen LogP contribution in [0, 0.1) is 0 Å². The Kier molecular flexibility index (Phi) is 6.85. The number of hydrogen-bond donors (Lipinski definition) is 3. The molecule has 0 saturated carbocycles. The van der Waals surface area contributed by atoms with Gasteiger partial charge in [-0.25, -0.2) is 10.8 Å². The number of nitrogens with zero attached hydrogens (tertiary/aromatic N) is 1. The summed E-state index contributed by atoms with van der Waals surface area (Å²) in [6.07, 6.45) is 4.13. The minimum atomic E-state index is -0.167. The van der Waals surface area contributed by atoms with Gasteiger partial charge in [0.25, 0.3) is 5.91 Å². The highest BCUT2D eigenvalue weighted by molar-refractivity contribution is 7.98. The van der Waals surface area contributed by atoms with Gasteiger partial charge in [0, 0.05) is 12.1 Å². The number of nitrogens with two attached hydrogens (primary N) is 1. The second-order valence-corrected chi connectivity index (χ2v) is 5.04. The number of thioether (sulfide) groups is 1. The summed E-state index contributed by atoms with van der Waals surface area (Å²) in [7, 11) is 0. The molecule has 1 heterocycles. The Balaban J connectivity index is 2.48. The maximum Gasteiger partial charge on any atom is 0.251 e. The SMILES string of the molecule is CSCCCCNC(=O)c1cc(Cl)nc(NN)c1. The van der Waals surface area contributed by atoms with E-state index in [1.54, 1.807) is 17.8 Å². The summed E-state index contributed by atoms with van der Waals surface area (Å²) in [4.78, 5) is 15.7. The van der Waals surface area contributed by atoms with E-state index in [0.29, 0.717) is 17.9 Å². The molecule has 0 aliphatic rings. The van der Waals surface area contributed by atoms with E-state index in [0.717, 1.165) is 18.6 Å². The normalized spacial score (nSPS) is 10.2. The molecule has 0 aliphatic carbocycles. The van der Waals surface area contributed by atoms with Crippen LogP contribution in [0.5, 0.6) is 0 Å². The van der Waals surface area contributed by atoms with Gasteiger partial charge < -0.3 is 10.7 Å². The lowest BCUT2D eigenvalue weighted by molar-refractivity contribution is 0.0953. The van der Waals surface area contributed by atoms with Gasteiger partial charge >= 0.3 is 0 Å². The molecular weight excluding hydrogens is 272 g/mol. The average Bonchev–Trinajstić information content (AvgIpc) is 2.37. The van der Waals surface area contributed by atoms with Crippen molar-refractivity contribution in [3.8, 4) is 0 Å². The lowest BCUT2D eigenvalue weighted by atomic mass is 10.2. The molecule has 1 aromatic rings. The van der Waals surface area contributed by atoms with Crippen LogP contribution < -0.4 is 16.6 Å². The molecule has 0 aliphatic heterocycles. The number of unbranched alkanes of at least 4 members (excludes halogenated alkanes) is 1. The van der Waals surface area contributed by atoms with Gasteiger partial charge in [-0.1, -0.05) is 11.6 Å². The largest absolute Gasteiger partial charge is 0.352 e. The monoisotopic (exact) mass is 288 g/mol. The second-order valence-electron chi connectivity index (χ2n) is 3.66. The van der Waals surface area contributed by atoms with Crippen LogP contribution in [0.4, 0.5) is 5.82 Å². The first-order chi connectivity index (χ1) is 8.67. The van der Waals surface area contributed by atoms with Crippen LogP contribution in [0.3, 0.4) is 0 Å². The summed E-state index contributed by atoms with van der Waals surface area (Å²) in [5.41, 5.74) is 2.82. The van der Waals surface area contributed by atoms with E-state index in [2.05, 4.69) is 22.0 Å². The fourth-order valence-electron chi connectivity index (χ4n) is 1.38. The van der Waals surface area contributed by atoms with Gasteiger partial charge in [0.2, 0.25) is 0 Å². The second kappa shape index (κ2) is 8.18. The van der Waals surface area contributed by atoms with Crippen molar-refractivity contribution in [1.29, 1.82) is 0 Å². The Morgan fingerprint density at radius 3 is 2.94 bits per heavy atom. The minimum absolute atomic E-state index is 0.167. The summed E-state index contributed by atoms with van der Waals surface area (Å²) in [6.45, 7) is 0.657. The number of halogens is 1. The Morgan fingerprint density at radius 1 is 1.50 bits per heavy atom. The molecule has 0 spiro atoms. The molecule has 0 atom stereocenters. The maximum atomic E-state index is 11.8. The Morgan fingerprint density at radius 2 is 2.28 bits per heavy atom. The van der Waals surface area contributed by atoms with Gasteiger partial charge in [0.1, 0.15) is 11.0 Å². The molecule has 0 fully saturated rings. The fraction of sp³-hybridized carbons (Fsp3) is 0.455. The number of pyridine rings is 1. The summed E-state index contributed by atoms with van der Waals surface area (Å²) in [6, 6.07) is 3.07. The van der Waals surface area contributed by atoms with Crippen LogP contribution in [-0.2, 0) is 0 Å². The van der Waals surface area contributed by atoms with Crippen molar-refractivity contribution >= 4 is 35.1 Å². The number of nitrogen functional groups attached to an aromatic ring is 1. The van der Waals surface area contributed by atoms with Gasteiger partial charge in [-0.2, -0.15) is 11.8 Å². The van der Waals surface area contributed by atoms with Crippen molar-refractivity contribution < 1.29 is 4.79 Å². The van der Waals surface area contributed by atoms with E-state index in [-0.39, 0.29) is 11.1 Å². The lowest BCUT2D eigenvalue weighted by Crippen LogP contribution is -2.25. The van der Waals surface area contributed by atoms with E-state index in [4.69, 9.17) is 17.4 Å². The van der Waals surface area contributed by atoms with Crippen LogP contribution in [0.2, 0.25) is 5.15 Å². The molecule has 0 radical (unpaired) electrons. The first-order valence-corrected chi connectivity index (χ1v) is 7.36. The van der Waals surface area contributed by atoms with Gasteiger partial charge in [-0.3, -0.25) is 4.79 Å². The van der Waals surface area contributed by atoms with E-state index in [1.165, 1.54) is 6.07 Å². The first-order valence-electron chi connectivity index (χ1n) is 5.58. The van der Waals surface area contributed by atoms with Gasteiger partial charge in [-0.05, 0) is 37.0 Å². The molecule has 0 aromatic carbocycles. The summed E-state index contributed by atoms with van der Waals surface area (Å²) in [5, 5.41) is 3.07. The molecule has 1 amide bonds. The maximum absolute atomic E-state index is 11.8. The Labute approximate surface area is 116 Å². The van der Waals surface area contributed by atoms with Crippen LogP contribution in [-0.4, -0.2) is 29.4 Å². The van der Waals surface area contributed by atoms with E-state index < -0.39 is 0 Å². The molecule has 5 nitrogen and oxygen atoms in total. The number of amides is 1. The number of nitrogens with one attached hydrogen (secondary N) is 2. The zero-order valence-corrected chi connectivity index (χ0v) is 11.8. The van der Waals surface area contributed by atoms with Crippen molar-refractivity contribution in [1.82, 2.24) is 10.3 Å². The van der Waals surface area contributed by atoms with Crippen molar-refractivity contribution in [3.05, 3.63) is 22.8 Å². The topological polar surface area (TPSA) is 80.0 Å². The molecule has 7 heteroatoms. The van der Waals surface area contributed by atoms with Crippen molar-refractivity contribution in [2.75, 3.05) is 24.0 Å². The number of rotatable bonds is 7. The third-order valence-electron chi connectivity index (χ3n) is 2.26. The lowest BCUT2D eigenvalue weighted by Gasteiger charge is -2.07. The number of carbonyl (C=O) groups is 1. The number of carbonyl (C=O) groups excluding carboxylic acids is 1. The first kappa shape index (κ1) is 15.1. The smallest absolute Gasteiger partial charge is 0.251 e. The Bertz CT molecular complexity index is 403. The molecular formula is C11H17ClN4OS. The molecule has 0 saturated heterocycles. The quantitative estimate of drug-likeness (QED) is 0.309. The number of hydrazine groups is 1. The standard InChI is InChI=1S/C11H17ClN4OS/c1-18-5-3-2-4-14-11(17)8-6-9(12)15-10(7-8)16-13/h6-7H,2-5,13H2,1H3,(H,14,17)(H,15,16). The molecule has 100 valence electrons. The molecule has 1 aromatic heterocycles. The summed E-state index contributed by atoms with van der Waals surface area (Å²) >= 11 is 7.59. The van der Waals surface area contributed by atoms with Gasteiger partial charge in [0.15, 0.2) is 0 Å². The van der Waals surface area contributed by atoms with Crippen LogP contribution in [0.25, 0.3) is 0 Å². The highest BCUT2D eigenvalue weighted by Gasteiger charge is 2.08. The zero-order valence-electron chi connectivity index (χ0n) is 10.2. The minimum Gasteiger partial charge on any atom is -0.352 e. The van der Waals surface area contributed by atoms with Crippen LogP contribution in [0.15, 0.2) is 12.1 Å². The highest BCUT2D eigenvalue weighted by atomic mass is 35.5. The Hall–Kier alpha value is -0.980. The third-order valence-corrected chi connectivity index (χ3v) is 3.16. The highest BCUT2D eigenvalue weighted by Crippen LogP contribution is 2.13. The summed E-state index contributed by atoms with van der Waals surface area (Å²) in [5.74, 6) is 6.55. The fourth-order valence-corrected chi connectivity index (χ4v) is 2.08. The van der Waals surface area contributed by atoms with Crippen molar-refractivity contribution in [3.63, 3.8) is 0 Å². The van der Waals surface area contributed by atoms with Gasteiger partial charge in [0.05, 0.1) is 0 Å². The number of aromatic nitrogens is 1. The van der Waals surface area contributed by atoms with Gasteiger partial charge in [-0.15, -0.1) is 0 Å². The third kappa shape index (κ3) is 5.12. The zero-order chi connectivity index (χ0) is 13.4.